The van der Waals surface area contributed by atoms with Crippen LogP contribution < -0.4 is 0 Å². The summed E-state index contributed by atoms with van der Waals surface area (Å²) >= 11 is 0. The van der Waals surface area contributed by atoms with E-state index in [0.29, 0.717) is 5.56 Å². The summed E-state index contributed by atoms with van der Waals surface area (Å²) in [5.41, 5.74) is 1.45. The Labute approximate surface area is 198 Å². The summed E-state index contributed by atoms with van der Waals surface area (Å²) < 4.78 is 0. The molecule has 3 heteroatoms. The topological polar surface area (TPSA) is 46.5 Å². The minimum Gasteiger partial charge on any atom is -0.295 e. The van der Waals surface area contributed by atoms with Crippen LogP contribution in [0.4, 0.5) is 0 Å². The van der Waals surface area contributed by atoms with E-state index in [0.717, 1.165) is 18.4 Å². The molecule has 0 spiro atoms. The average Bonchev–Trinajstić information content (AvgIpc) is 2.82. The minimum absolute atomic E-state index is 0.479. The Hall–Kier alpha value is -1.35. The Morgan fingerprint density at radius 1 is 0.625 bits per heavy atom. The summed E-state index contributed by atoms with van der Waals surface area (Å²) in [6.45, 7) is 2.29. The fourth-order valence-corrected chi connectivity index (χ4v) is 4.56. The molecule has 0 aliphatic rings. The van der Waals surface area contributed by atoms with Crippen LogP contribution >= 0.6 is 0 Å². The van der Waals surface area contributed by atoms with Gasteiger partial charge in [0.1, 0.15) is 0 Å². The van der Waals surface area contributed by atoms with E-state index in [9.17, 15) is 4.79 Å². The third kappa shape index (κ3) is 15.5. The van der Waals surface area contributed by atoms with Gasteiger partial charge in [-0.1, -0.05) is 147 Å². The molecule has 0 aliphatic heterocycles. The summed E-state index contributed by atoms with van der Waals surface area (Å²) in [7, 11) is 0. The van der Waals surface area contributed by atoms with E-state index in [2.05, 4.69) is 11.8 Å². The molecule has 0 heterocycles. The van der Waals surface area contributed by atoms with Crippen LogP contribution in [0.5, 0.6) is 0 Å². The van der Waals surface area contributed by atoms with Gasteiger partial charge in [0.25, 0.3) is 0 Å². The van der Waals surface area contributed by atoms with Crippen molar-refractivity contribution in [2.24, 2.45) is 0 Å². The van der Waals surface area contributed by atoms with Gasteiger partial charge in [-0.15, -0.1) is 0 Å². The predicted octanol–water partition coefficient (Wildman–Crippen LogP) is 9.68. The Balaban J connectivity index is 1.81. The van der Waals surface area contributed by atoms with Crippen molar-refractivity contribution in [2.45, 2.75) is 142 Å². The molecule has 0 saturated carbocycles. The van der Waals surface area contributed by atoms with Crippen molar-refractivity contribution in [3.63, 3.8) is 0 Å². The first kappa shape index (κ1) is 28.7. The lowest BCUT2D eigenvalue weighted by atomic mass is 10.00. The Bertz CT molecular complexity index is 555. The summed E-state index contributed by atoms with van der Waals surface area (Å²) in [5.74, 6) is -0.659. The number of rotatable bonds is 22. The van der Waals surface area contributed by atoms with Gasteiger partial charge in [-0.3, -0.25) is 4.89 Å². The molecule has 184 valence electrons. The monoisotopic (exact) mass is 446 g/mol. The van der Waals surface area contributed by atoms with Gasteiger partial charge < -0.3 is 0 Å². The molecule has 0 amide bonds. The molecule has 0 radical (unpaired) electrons. The number of carbonyl (C=O) groups is 1. The van der Waals surface area contributed by atoms with Crippen molar-refractivity contribution in [3.05, 3.63) is 35.4 Å². The van der Waals surface area contributed by atoms with E-state index < -0.39 is 5.97 Å². The number of unbranched alkanes of at least 4 members (excludes halogenated alkanes) is 19. The second-order valence-electron chi connectivity index (χ2n) is 9.50. The van der Waals surface area contributed by atoms with E-state index in [-0.39, 0.29) is 0 Å². The lowest BCUT2D eigenvalue weighted by Crippen LogP contribution is -2.05. The highest BCUT2D eigenvalue weighted by Gasteiger charge is 2.11. The highest BCUT2D eigenvalue weighted by atomic mass is 17.1. The summed E-state index contributed by atoms with van der Waals surface area (Å²) in [6, 6.07) is 7.39. The normalized spacial score (nSPS) is 11.1. The molecule has 1 aromatic carbocycles. The van der Waals surface area contributed by atoms with Gasteiger partial charge in [-0.2, -0.15) is 5.26 Å². The highest BCUT2D eigenvalue weighted by molar-refractivity contribution is 5.90. The SMILES string of the molecule is CCCCCCCCCCCCCCCCCCCCCCc1ccccc1C(=O)OO. The van der Waals surface area contributed by atoms with Crippen LogP contribution in [0.25, 0.3) is 0 Å². The zero-order chi connectivity index (χ0) is 23.1. The lowest BCUT2D eigenvalue weighted by molar-refractivity contribution is -0.182. The Morgan fingerprint density at radius 3 is 1.41 bits per heavy atom. The van der Waals surface area contributed by atoms with Gasteiger partial charge in [0.2, 0.25) is 0 Å². The summed E-state index contributed by atoms with van der Waals surface area (Å²) in [5, 5.41) is 8.60. The molecule has 1 rings (SSSR count). The van der Waals surface area contributed by atoms with E-state index in [1.54, 1.807) is 12.1 Å². The van der Waals surface area contributed by atoms with Crippen LogP contribution in [0.2, 0.25) is 0 Å². The molecule has 0 saturated heterocycles. The van der Waals surface area contributed by atoms with Crippen LogP contribution in [0.1, 0.15) is 151 Å². The van der Waals surface area contributed by atoms with Crippen molar-refractivity contribution < 1.29 is 14.9 Å². The molecule has 1 aromatic rings. The third-order valence-corrected chi connectivity index (χ3v) is 6.62. The van der Waals surface area contributed by atoms with Crippen LogP contribution in [-0.4, -0.2) is 11.2 Å². The number of hydrogen-bond donors (Lipinski definition) is 1. The predicted molar refractivity (Wildman–Crippen MR) is 136 cm³/mol. The molecule has 0 atom stereocenters. The van der Waals surface area contributed by atoms with Gasteiger partial charge in [0, 0.05) is 0 Å². The number of aryl methyl sites for hydroxylation is 1. The molecule has 32 heavy (non-hydrogen) atoms. The molecule has 0 aromatic heterocycles. The molecule has 0 fully saturated rings. The van der Waals surface area contributed by atoms with Gasteiger partial charge in [-0.25, -0.2) is 4.79 Å². The van der Waals surface area contributed by atoms with Gasteiger partial charge >= 0.3 is 5.97 Å². The molecule has 0 aliphatic carbocycles. The summed E-state index contributed by atoms with van der Waals surface area (Å²) in [6.07, 6.45) is 28.5. The highest BCUT2D eigenvalue weighted by Crippen LogP contribution is 2.17. The zero-order valence-electron chi connectivity index (χ0n) is 20.9. The van der Waals surface area contributed by atoms with Gasteiger partial charge in [0.15, 0.2) is 0 Å². The van der Waals surface area contributed by atoms with Crippen LogP contribution in [0, 0.1) is 0 Å². The molecular formula is C29H50O3. The first-order valence-electron chi connectivity index (χ1n) is 13.7. The standard InChI is InChI=1S/C29H50O3/c1-2-3-4-5-6-7-8-9-10-11-12-13-14-15-16-17-18-19-20-21-24-27-25-22-23-26-28(27)29(30)32-31/h22-23,25-26,31H,2-21,24H2,1H3. The van der Waals surface area contributed by atoms with Crippen LogP contribution in [0.15, 0.2) is 24.3 Å². The van der Waals surface area contributed by atoms with Crippen molar-refractivity contribution in [3.8, 4) is 0 Å². The third-order valence-electron chi connectivity index (χ3n) is 6.62. The van der Waals surface area contributed by atoms with E-state index >= 15 is 0 Å². The molecular weight excluding hydrogens is 396 g/mol. The van der Waals surface area contributed by atoms with Gasteiger partial charge in [0.05, 0.1) is 5.56 Å². The first-order chi connectivity index (χ1) is 15.8. The quantitative estimate of drug-likeness (QED) is 0.109. The summed E-state index contributed by atoms with van der Waals surface area (Å²) in [4.78, 5) is 15.5. The van der Waals surface area contributed by atoms with E-state index in [1.807, 2.05) is 12.1 Å². The van der Waals surface area contributed by atoms with E-state index in [1.165, 1.54) is 122 Å². The lowest BCUT2D eigenvalue weighted by Gasteiger charge is -2.07. The number of carbonyl (C=O) groups excluding carboxylic acids is 1. The smallest absolute Gasteiger partial charge is 0.295 e. The van der Waals surface area contributed by atoms with Crippen molar-refractivity contribution >= 4 is 5.97 Å². The van der Waals surface area contributed by atoms with Crippen LogP contribution in [-0.2, 0) is 11.3 Å². The average molecular weight is 447 g/mol. The zero-order valence-corrected chi connectivity index (χ0v) is 20.9. The van der Waals surface area contributed by atoms with Crippen LogP contribution in [0.3, 0.4) is 0 Å². The van der Waals surface area contributed by atoms with Gasteiger partial charge in [-0.05, 0) is 24.5 Å². The second kappa shape index (κ2) is 21.5. The number of hydrogen-bond acceptors (Lipinski definition) is 3. The molecule has 3 nitrogen and oxygen atoms in total. The van der Waals surface area contributed by atoms with Crippen molar-refractivity contribution in [2.75, 3.05) is 0 Å². The Morgan fingerprint density at radius 2 is 1.00 bits per heavy atom. The fraction of sp³-hybridized carbons (Fsp3) is 0.759. The second-order valence-corrected chi connectivity index (χ2v) is 9.50. The fourth-order valence-electron chi connectivity index (χ4n) is 4.56. The van der Waals surface area contributed by atoms with Crippen molar-refractivity contribution in [1.82, 2.24) is 0 Å². The molecule has 1 N–H and O–H groups in total. The Kier molecular flexibility index (Phi) is 19.3. The minimum atomic E-state index is -0.659. The maximum absolute atomic E-state index is 11.6. The first-order valence-corrected chi connectivity index (χ1v) is 13.7. The maximum Gasteiger partial charge on any atom is 0.373 e. The van der Waals surface area contributed by atoms with Crippen molar-refractivity contribution in [1.29, 1.82) is 0 Å². The molecule has 0 unspecified atom stereocenters. The maximum atomic E-state index is 11.6. The molecule has 0 bridgehead atoms. The largest absolute Gasteiger partial charge is 0.373 e. The van der Waals surface area contributed by atoms with E-state index in [4.69, 9.17) is 5.26 Å². The number of benzene rings is 1.